The molecule has 0 fully saturated rings. The summed E-state index contributed by atoms with van der Waals surface area (Å²) < 4.78 is 10.5. The number of hydrogen-bond donors (Lipinski definition) is 1. The molecule has 0 unspecified atom stereocenters. The van der Waals surface area contributed by atoms with Crippen LogP contribution in [-0.2, 0) is 14.3 Å². The molecule has 0 saturated heterocycles. The summed E-state index contributed by atoms with van der Waals surface area (Å²) in [7, 11) is 0. The fourth-order valence-corrected chi connectivity index (χ4v) is 2.26. The van der Waals surface area contributed by atoms with Gasteiger partial charge in [-0.3, -0.25) is 0 Å². The van der Waals surface area contributed by atoms with Crippen molar-refractivity contribution in [3.8, 4) is 0 Å². The van der Waals surface area contributed by atoms with E-state index in [4.69, 9.17) is 14.6 Å². The Kier molecular flexibility index (Phi) is 13.6. The van der Waals surface area contributed by atoms with Gasteiger partial charge in [-0.1, -0.05) is 51.4 Å². The van der Waals surface area contributed by atoms with Crippen LogP contribution in [-0.4, -0.2) is 36.5 Å². The van der Waals surface area contributed by atoms with E-state index in [1.165, 1.54) is 44.9 Å². The fourth-order valence-electron chi connectivity index (χ4n) is 2.26. The smallest absolute Gasteiger partial charge is 0.332 e. The van der Waals surface area contributed by atoms with Gasteiger partial charge in [-0.25, -0.2) is 4.79 Å². The molecule has 4 nitrogen and oxygen atoms in total. The highest BCUT2D eigenvalue weighted by molar-refractivity contribution is 5.71. The molecule has 0 aliphatic rings. The van der Waals surface area contributed by atoms with Gasteiger partial charge >= 0.3 is 5.97 Å². The molecular formula is C18H36O4. The van der Waals surface area contributed by atoms with E-state index in [1.807, 2.05) is 20.8 Å². The van der Waals surface area contributed by atoms with Crippen molar-refractivity contribution in [2.45, 2.75) is 90.6 Å². The third kappa shape index (κ3) is 17.4. The fraction of sp³-hybridized carbons (Fsp3) is 0.944. The summed E-state index contributed by atoms with van der Waals surface area (Å²) in [5.74, 6) is -0.284. The molecule has 0 spiro atoms. The maximum atomic E-state index is 11.4. The Morgan fingerprint density at radius 1 is 0.818 bits per heavy atom. The molecule has 132 valence electrons. The standard InChI is InChI=1S/C18H36O4/c1-18(2,3)22-17(20)16-21-15-13-11-9-7-5-4-6-8-10-12-14-19/h19H,4-16H2,1-3H3. The summed E-state index contributed by atoms with van der Waals surface area (Å²) in [5, 5.41) is 8.67. The minimum absolute atomic E-state index is 0.0606. The Balaban J connectivity index is 3.16. The largest absolute Gasteiger partial charge is 0.458 e. The molecule has 0 atom stereocenters. The van der Waals surface area contributed by atoms with E-state index in [1.54, 1.807) is 0 Å². The van der Waals surface area contributed by atoms with E-state index >= 15 is 0 Å². The lowest BCUT2D eigenvalue weighted by Crippen LogP contribution is -2.26. The van der Waals surface area contributed by atoms with Gasteiger partial charge in [0.25, 0.3) is 0 Å². The van der Waals surface area contributed by atoms with Crippen molar-refractivity contribution in [2.24, 2.45) is 0 Å². The molecule has 0 bridgehead atoms. The van der Waals surface area contributed by atoms with Gasteiger partial charge in [-0.05, 0) is 33.6 Å². The first-order valence-electron chi connectivity index (χ1n) is 8.86. The van der Waals surface area contributed by atoms with E-state index in [9.17, 15) is 4.79 Å². The minimum atomic E-state index is -0.432. The summed E-state index contributed by atoms with van der Waals surface area (Å²) >= 11 is 0. The Morgan fingerprint density at radius 2 is 1.27 bits per heavy atom. The Labute approximate surface area is 136 Å². The van der Waals surface area contributed by atoms with Crippen molar-refractivity contribution in [2.75, 3.05) is 19.8 Å². The van der Waals surface area contributed by atoms with E-state index in [0.29, 0.717) is 13.2 Å². The second-order valence-corrected chi connectivity index (χ2v) is 6.90. The van der Waals surface area contributed by atoms with Crippen molar-refractivity contribution in [3.63, 3.8) is 0 Å². The van der Waals surface area contributed by atoms with E-state index in [0.717, 1.165) is 19.3 Å². The summed E-state index contributed by atoms with van der Waals surface area (Å²) in [5.41, 5.74) is -0.432. The number of aliphatic hydroxyl groups excluding tert-OH is 1. The topological polar surface area (TPSA) is 55.8 Å². The monoisotopic (exact) mass is 316 g/mol. The predicted molar refractivity (Wildman–Crippen MR) is 89.9 cm³/mol. The summed E-state index contributed by atoms with van der Waals surface area (Å²) in [6.45, 7) is 6.61. The highest BCUT2D eigenvalue weighted by atomic mass is 16.6. The zero-order valence-electron chi connectivity index (χ0n) is 14.9. The van der Waals surface area contributed by atoms with Crippen LogP contribution in [0.15, 0.2) is 0 Å². The molecule has 0 amide bonds. The predicted octanol–water partition coefficient (Wildman–Crippen LogP) is 4.24. The van der Waals surface area contributed by atoms with Gasteiger partial charge in [-0.2, -0.15) is 0 Å². The highest BCUT2D eigenvalue weighted by Gasteiger charge is 2.15. The molecule has 0 aromatic rings. The molecule has 0 aliphatic heterocycles. The summed E-state index contributed by atoms with van der Waals surface area (Å²) in [4.78, 5) is 11.4. The van der Waals surface area contributed by atoms with Gasteiger partial charge < -0.3 is 14.6 Å². The first-order chi connectivity index (χ1) is 10.5. The highest BCUT2D eigenvalue weighted by Crippen LogP contribution is 2.11. The summed E-state index contributed by atoms with van der Waals surface area (Å²) in [6, 6.07) is 0. The van der Waals surface area contributed by atoms with Gasteiger partial charge in [0.1, 0.15) is 12.2 Å². The van der Waals surface area contributed by atoms with Crippen LogP contribution in [0.25, 0.3) is 0 Å². The van der Waals surface area contributed by atoms with Gasteiger partial charge in [0.15, 0.2) is 0 Å². The number of unbranched alkanes of at least 4 members (excludes halogenated alkanes) is 9. The van der Waals surface area contributed by atoms with E-state index < -0.39 is 5.60 Å². The zero-order chi connectivity index (χ0) is 16.7. The van der Waals surface area contributed by atoms with Crippen molar-refractivity contribution in [1.29, 1.82) is 0 Å². The second kappa shape index (κ2) is 14.0. The van der Waals surface area contributed by atoms with Crippen molar-refractivity contribution < 1.29 is 19.4 Å². The van der Waals surface area contributed by atoms with Gasteiger partial charge in [0, 0.05) is 13.2 Å². The van der Waals surface area contributed by atoms with Crippen LogP contribution < -0.4 is 0 Å². The lowest BCUT2D eigenvalue weighted by Gasteiger charge is -2.19. The zero-order valence-corrected chi connectivity index (χ0v) is 14.9. The average molecular weight is 316 g/mol. The minimum Gasteiger partial charge on any atom is -0.458 e. The first kappa shape index (κ1) is 21.4. The molecule has 1 N–H and O–H groups in total. The Hall–Kier alpha value is -0.610. The first-order valence-corrected chi connectivity index (χ1v) is 8.86. The number of rotatable bonds is 14. The average Bonchev–Trinajstić information content (AvgIpc) is 2.42. The number of ether oxygens (including phenoxy) is 2. The second-order valence-electron chi connectivity index (χ2n) is 6.90. The van der Waals surface area contributed by atoms with Crippen LogP contribution in [0.4, 0.5) is 0 Å². The molecule has 0 rings (SSSR count). The number of esters is 1. The molecule has 0 aliphatic carbocycles. The van der Waals surface area contributed by atoms with Crippen molar-refractivity contribution >= 4 is 5.97 Å². The molecule has 4 heteroatoms. The quantitative estimate of drug-likeness (QED) is 0.385. The van der Waals surface area contributed by atoms with Crippen molar-refractivity contribution in [3.05, 3.63) is 0 Å². The van der Waals surface area contributed by atoms with Gasteiger partial charge in [-0.15, -0.1) is 0 Å². The maximum Gasteiger partial charge on any atom is 0.332 e. The van der Waals surface area contributed by atoms with Gasteiger partial charge in [0.2, 0.25) is 0 Å². The van der Waals surface area contributed by atoms with Crippen LogP contribution >= 0.6 is 0 Å². The van der Waals surface area contributed by atoms with Crippen LogP contribution in [0, 0.1) is 0 Å². The lowest BCUT2D eigenvalue weighted by atomic mass is 10.1. The van der Waals surface area contributed by atoms with E-state index in [2.05, 4.69) is 0 Å². The lowest BCUT2D eigenvalue weighted by molar-refractivity contribution is -0.160. The number of aliphatic hydroxyl groups is 1. The Bertz CT molecular complexity index is 258. The van der Waals surface area contributed by atoms with E-state index in [-0.39, 0.29) is 12.6 Å². The molecule has 0 aromatic heterocycles. The molecular weight excluding hydrogens is 280 g/mol. The van der Waals surface area contributed by atoms with Gasteiger partial charge in [0.05, 0.1) is 0 Å². The SMILES string of the molecule is CC(C)(C)OC(=O)COCCCCCCCCCCCCO. The van der Waals surface area contributed by atoms with Crippen molar-refractivity contribution in [1.82, 2.24) is 0 Å². The normalized spacial score (nSPS) is 11.6. The Morgan fingerprint density at radius 3 is 1.73 bits per heavy atom. The number of carbonyl (C=O) groups excluding carboxylic acids is 1. The van der Waals surface area contributed by atoms with Crippen LogP contribution in [0.2, 0.25) is 0 Å². The molecule has 0 aromatic carbocycles. The third-order valence-corrected chi connectivity index (χ3v) is 3.34. The molecule has 0 saturated carbocycles. The maximum absolute atomic E-state index is 11.4. The van der Waals surface area contributed by atoms with Crippen LogP contribution in [0.3, 0.4) is 0 Å². The molecule has 22 heavy (non-hydrogen) atoms. The van der Waals surface area contributed by atoms with Crippen LogP contribution in [0.1, 0.15) is 85.0 Å². The molecule has 0 heterocycles. The van der Waals surface area contributed by atoms with Crippen LogP contribution in [0.5, 0.6) is 0 Å². The number of hydrogen-bond acceptors (Lipinski definition) is 4. The number of carbonyl (C=O) groups is 1. The summed E-state index contributed by atoms with van der Waals surface area (Å²) in [6.07, 6.45) is 12.0. The third-order valence-electron chi connectivity index (χ3n) is 3.34. The molecule has 0 radical (unpaired) electrons.